The fourth-order valence-electron chi connectivity index (χ4n) is 0.989. The van der Waals surface area contributed by atoms with Crippen LogP contribution in [-0.4, -0.2) is 40.4 Å². The van der Waals surface area contributed by atoms with Crippen molar-refractivity contribution in [3.63, 3.8) is 0 Å². The van der Waals surface area contributed by atoms with Crippen molar-refractivity contribution < 1.29 is 20.1 Å². The lowest BCUT2D eigenvalue weighted by Gasteiger charge is -2.11. The van der Waals surface area contributed by atoms with Gasteiger partial charge in [0.05, 0.1) is 22.8 Å². The Morgan fingerprint density at radius 2 is 1.89 bits per heavy atom. The third-order valence-corrected chi connectivity index (χ3v) is 3.03. The van der Waals surface area contributed by atoms with Crippen LogP contribution in [0, 0.1) is 6.92 Å². The van der Waals surface area contributed by atoms with Gasteiger partial charge in [-0.15, -0.1) is 0 Å². The van der Waals surface area contributed by atoms with Crippen LogP contribution in [-0.2, 0) is 4.79 Å². The van der Waals surface area contributed by atoms with E-state index < -0.39 is 18.8 Å². The van der Waals surface area contributed by atoms with Crippen LogP contribution in [0.2, 0.25) is 10.0 Å². The number of carbonyl (C=O) groups is 1. The lowest BCUT2D eigenvalue weighted by molar-refractivity contribution is -0.111. The molecule has 6 heteroatoms. The SMILES string of the molecule is Cc1cccc(Cl)c1Cl.O=CC[C@H](O)[C@H](O)CO. The Bertz CT molecular complexity index is 351. The summed E-state index contributed by atoms with van der Waals surface area (Å²) in [5.41, 5.74) is 1.02. The topological polar surface area (TPSA) is 77.8 Å². The summed E-state index contributed by atoms with van der Waals surface area (Å²) in [6.07, 6.45) is -1.98. The summed E-state index contributed by atoms with van der Waals surface area (Å²) in [5, 5.41) is 26.8. The molecule has 0 fully saturated rings. The summed E-state index contributed by atoms with van der Waals surface area (Å²) in [6.45, 7) is 1.41. The fraction of sp³-hybridized carbons (Fsp3) is 0.417. The van der Waals surface area contributed by atoms with E-state index in [9.17, 15) is 4.79 Å². The van der Waals surface area contributed by atoms with Gasteiger partial charge in [-0.25, -0.2) is 0 Å². The van der Waals surface area contributed by atoms with E-state index in [2.05, 4.69) is 0 Å². The molecule has 0 spiro atoms. The van der Waals surface area contributed by atoms with E-state index in [0.717, 1.165) is 5.56 Å². The molecule has 102 valence electrons. The average Bonchev–Trinajstić information content (AvgIpc) is 2.36. The van der Waals surface area contributed by atoms with Crippen LogP contribution in [0.15, 0.2) is 18.2 Å². The largest absolute Gasteiger partial charge is 0.394 e. The van der Waals surface area contributed by atoms with E-state index in [1.165, 1.54) is 0 Å². The van der Waals surface area contributed by atoms with Crippen molar-refractivity contribution in [3.8, 4) is 0 Å². The molecule has 3 N–H and O–H groups in total. The number of rotatable bonds is 4. The second-order valence-electron chi connectivity index (χ2n) is 3.59. The summed E-state index contributed by atoms with van der Waals surface area (Å²) < 4.78 is 0. The molecule has 4 nitrogen and oxygen atoms in total. The van der Waals surface area contributed by atoms with Gasteiger partial charge in [0.2, 0.25) is 0 Å². The van der Waals surface area contributed by atoms with Crippen LogP contribution in [0.3, 0.4) is 0 Å². The molecule has 0 heterocycles. The lowest BCUT2D eigenvalue weighted by atomic mass is 10.2. The molecule has 0 aliphatic heterocycles. The summed E-state index contributed by atoms with van der Waals surface area (Å²) in [4.78, 5) is 9.68. The predicted molar refractivity (Wildman–Crippen MR) is 71.0 cm³/mol. The molecular formula is C12H16Cl2O4. The Kier molecular flexibility index (Phi) is 8.97. The number of aryl methyl sites for hydroxylation is 1. The van der Waals surface area contributed by atoms with E-state index in [1.807, 2.05) is 19.1 Å². The normalized spacial score (nSPS) is 13.2. The molecule has 0 aliphatic rings. The molecule has 1 aromatic rings. The average molecular weight is 295 g/mol. The molecular weight excluding hydrogens is 279 g/mol. The highest BCUT2D eigenvalue weighted by atomic mass is 35.5. The van der Waals surface area contributed by atoms with Gasteiger partial charge in [0.15, 0.2) is 0 Å². The van der Waals surface area contributed by atoms with E-state index in [0.29, 0.717) is 16.3 Å². The van der Waals surface area contributed by atoms with E-state index >= 15 is 0 Å². The molecule has 0 aliphatic carbocycles. The van der Waals surface area contributed by atoms with Crippen molar-refractivity contribution >= 4 is 29.5 Å². The summed E-state index contributed by atoms with van der Waals surface area (Å²) in [7, 11) is 0. The van der Waals surface area contributed by atoms with Crippen molar-refractivity contribution in [2.75, 3.05) is 6.61 Å². The van der Waals surface area contributed by atoms with Gasteiger partial charge >= 0.3 is 0 Å². The molecule has 0 saturated carbocycles. The number of hydrogen-bond acceptors (Lipinski definition) is 4. The van der Waals surface area contributed by atoms with Crippen molar-refractivity contribution in [2.45, 2.75) is 25.6 Å². The van der Waals surface area contributed by atoms with Crippen molar-refractivity contribution in [3.05, 3.63) is 33.8 Å². The first-order chi connectivity index (χ1) is 8.43. The zero-order chi connectivity index (χ0) is 14.1. The Morgan fingerprint density at radius 1 is 1.28 bits per heavy atom. The van der Waals surface area contributed by atoms with Crippen LogP contribution in [0.4, 0.5) is 0 Å². The maximum absolute atomic E-state index is 9.68. The Balaban J connectivity index is 0.000000321. The highest BCUT2D eigenvalue weighted by Crippen LogP contribution is 2.24. The number of halogens is 2. The number of carbonyl (C=O) groups excluding carboxylic acids is 1. The maximum Gasteiger partial charge on any atom is 0.122 e. The molecule has 0 bridgehead atoms. The molecule has 1 rings (SSSR count). The van der Waals surface area contributed by atoms with E-state index in [-0.39, 0.29) is 6.42 Å². The fourth-order valence-corrected chi connectivity index (χ4v) is 1.34. The monoisotopic (exact) mass is 294 g/mol. The maximum atomic E-state index is 9.68. The molecule has 0 saturated heterocycles. The van der Waals surface area contributed by atoms with Crippen molar-refractivity contribution in [1.82, 2.24) is 0 Å². The second-order valence-corrected chi connectivity index (χ2v) is 4.38. The quantitative estimate of drug-likeness (QED) is 0.737. The molecule has 0 amide bonds. The van der Waals surface area contributed by atoms with Crippen LogP contribution in [0.1, 0.15) is 12.0 Å². The zero-order valence-corrected chi connectivity index (χ0v) is 11.4. The first-order valence-corrected chi connectivity index (χ1v) is 6.00. The lowest BCUT2D eigenvalue weighted by Crippen LogP contribution is -2.29. The van der Waals surface area contributed by atoms with Gasteiger partial charge in [-0.05, 0) is 18.6 Å². The van der Waals surface area contributed by atoms with E-state index in [4.69, 9.17) is 38.5 Å². The van der Waals surface area contributed by atoms with Gasteiger partial charge in [-0.2, -0.15) is 0 Å². The molecule has 0 radical (unpaired) electrons. The number of hydrogen-bond donors (Lipinski definition) is 3. The van der Waals surface area contributed by atoms with Gasteiger partial charge < -0.3 is 20.1 Å². The molecule has 0 unspecified atom stereocenters. The van der Waals surface area contributed by atoms with Gasteiger partial charge in [0, 0.05) is 6.42 Å². The van der Waals surface area contributed by atoms with Crippen molar-refractivity contribution in [2.24, 2.45) is 0 Å². The molecule has 2 atom stereocenters. The minimum absolute atomic E-state index is 0.137. The number of aliphatic hydroxyl groups is 3. The van der Waals surface area contributed by atoms with Gasteiger partial charge in [0.1, 0.15) is 12.4 Å². The number of aliphatic hydroxyl groups excluding tert-OH is 3. The summed E-state index contributed by atoms with van der Waals surface area (Å²) in [5.74, 6) is 0. The smallest absolute Gasteiger partial charge is 0.122 e. The van der Waals surface area contributed by atoms with Crippen LogP contribution >= 0.6 is 23.2 Å². The van der Waals surface area contributed by atoms with Crippen molar-refractivity contribution in [1.29, 1.82) is 0 Å². The molecule has 0 aromatic heterocycles. The van der Waals surface area contributed by atoms with Gasteiger partial charge in [-0.1, -0.05) is 35.3 Å². The first-order valence-electron chi connectivity index (χ1n) is 5.25. The van der Waals surface area contributed by atoms with E-state index in [1.54, 1.807) is 6.07 Å². The first kappa shape index (κ1) is 17.4. The minimum Gasteiger partial charge on any atom is -0.394 e. The Morgan fingerprint density at radius 3 is 2.28 bits per heavy atom. The van der Waals surface area contributed by atoms with Crippen LogP contribution in [0.25, 0.3) is 0 Å². The third kappa shape index (κ3) is 6.33. The predicted octanol–water partition coefficient (Wildman–Crippen LogP) is 1.59. The standard InChI is InChI=1S/C7H6Cl2.C5H10O4/c1-5-3-2-4-6(8)7(5)9;6-2-1-4(8)5(9)3-7/h2-4H,1H3;2,4-5,7-9H,1,3H2/t;4-,5+/m.0/s1. The van der Waals surface area contributed by atoms with Crippen LogP contribution in [0.5, 0.6) is 0 Å². The zero-order valence-electron chi connectivity index (χ0n) is 9.88. The third-order valence-electron chi connectivity index (χ3n) is 2.11. The number of benzene rings is 1. The summed E-state index contributed by atoms with van der Waals surface area (Å²) >= 11 is 11.4. The summed E-state index contributed by atoms with van der Waals surface area (Å²) in [6, 6.07) is 5.58. The van der Waals surface area contributed by atoms with Gasteiger partial charge in [0.25, 0.3) is 0 Å². The Labute approximate surface area is 116 Å². The van der Waals surface area contributed by atoms with Gasteiger partial charge in [-0.3, -0.25) is 0 Å². The molecule has 1 aromatic carbocycles. The highest BCUT2D eigenvalue weighted by Gasteiger charge is 2.13. The molecule has 18 heavy (non-hydrogen) atoms. The minimum atomic E-state index is -1.20. The number of aldehydes is 1. The van der Waals surface area contributed by atoms with Crippen LogP contribution < -0.4 is 0 Å². The Hall–Kier alpha value is -0.650. The highest BCUT2D eigenvalue weighted by molar-refractivity contribution is 6.42. The second kappa shape index (κ2) is 9.30.